The highest BCUT2D eigenvalue weighted by Gasteiger charge is 2.76. The van der Waals surface area contributed by atoms with Crippen LogP contribution in [0.2, 0.25) is 0 Å². The highest BCUT2D eigenvalue weighted by Crippen LogP contribution is 2.66. The van der Waals surface area contributed by atoms with Crippen LogP contribution >= 0.6 is 0 Å². The molecule has 6 amide bonds. The highest BCUT2D eigenvalue weighted by atomic mass is 16.7. The maximum Gasteiger partial charge on any atom is 0.329 e. The van der Waals surface area contributed by atoms with Gasteiger partial charge in [0.25, 0.3) is 0 Å². The quantitative estimate of drug-likeness (QED) is 0.0924. The number of primary amides is 1. The van der Waals surface area contributed by atoms with E-state index in [1.165, 1.54) is 7.11 Å². The fourth-order valence-electron chi connectivity index (χ4n) is 11.6. The molecule has 1 spiro atoms. The largest absolute Gasteiger partial charge is 0.491 e. The first-order valence-electron chi connectivity index (χ1n) is 25.5. The lowest BCUT2D eigenvalue weighted by molar-refractivity contribution is -0.179. The zero-order valence-electron chi connectivity index (χ0n) is 42.8. The number of fused-ring (bicyclic) bond motifs is 4. The normalized spacial score (nSPS) is 22.8. The molecule has 0 unspecified atom stereocenters. The second kappa shape index (κ2) is 22.0. The number of rotatable bonds is 13. The van der Waals surface area contributed by atoms with E-state index in [1.807, 2.05) is 83.8 Å². The number of piperazine rings is 1. The molecule has 5 aromatic carbocycles. The summed E-state index contributed by atoms with van der Waals surface area (Å²) >= 11 is 0. The molecule has 0 aliphatic carbocycles. The molecule has 19 nitrogen and oxygen atoms in total. The number of nitrogens with two attached hydrogens (primary N) is 1. The summed E-state index contributed by atoms with van der Waals surface area (Å²) < 4.78 is 28.8. The number of carbonyl (C=O) groups excluding carboxylic acids is 6. The number of benzene rings is 5. The van der Waals surface area contributed by atoms with Gasteiger partial charge in [0.1, 0.15) is 36.0 Å². The Morgan fingerprint density at radius 3 is 2.21 bits per heavy atom. The van der Waals surface area contributed by atoms with E-state index in [-0.39, 0.29) is 50.9 Å². The molecule has 77 heavy (non-hydrogen) atoms. The van der Waals surface area contributed by atoms with E-state index in [0.717, 1.165) is 10.5 Å². The lowest BCUT2D eigenvalue weighted by Gasteiger charge is -2.46. The molecule has 10 rings (SSSR count). The smallest absolute Gasteiger partial charge is 0.329 e. The first kappa shape index (κ1) is 52.0. The molecule has 3 fully saturated rings. The molecule has 0 saturated carbocycles. The Kier molecular flexibility index (Phi) is 14.9. The van der Waals surface area contributed by atoms with Crippen molar-refractivity contribution >= 4 is 41.5 Å². The molecular weight excluding hydrogens is 987 g/mol. The number of amides is 6. The lowest BCUT2D eigenvalue weighted by Crippen LogP contribution is -2.59. The second-order valence-corrected chi connectivity index (χ2v) is 19.8. The molecular formula is C58H59N7O12. The van der Waals surface area contributed by atoms with Gasteiger partial charge in [0.05, 0.1) is 44.0 Å². The number of nitrogens with one attached hydrogen (secondary N) is 2. The molecule has 5 aliphatic heterocycles. The maximum absolute atomic E-state index is 16.9. The number of urea groups is 2. The summed E-state index contributed by atoms with van der Waals surface area (Å²) in [5.74, 6) is 2.77. The summed E-state index contributed by atoms with van der Waals surface area (Å²) in [7, 11) is 1.20. The van der Waals surface area contributed by atoms with Crippen LogP contribution in [-0.2, 0) is 40.6 Å². The summed E-state index contributed by atoms with van der Waals surface area (Å²) in [5.41, 5.74) is 6.72. The minimum Gasteiger partial charge on any atom is -0.491 e. The lowest BCUT2D eigenvalue weighted by atomic mass is 9.64. The number of morpholine rings is 1. The zero-order chi connectivity index (χ0) is 54.0. The van der Waals surface area contributed by atoms with Crippen molar-refractivity contribution in [2.24, 2.45) is 17.6 Å². The molecule has 0 bridgehead atoms. The van der Waals surface area contributed by atoms with E-state index >= 15 is 19.2 Å². The third-order valence-corrected chi connectivity index (χ3v) is 15.0. The van der Waals surface area contributed by atoms with Gasteiger partial charge in [-0.25, -0.2) is 19.3 Å². The molecule has 5 N–H and O–H groups in total. The van der Waals surface area contributed by atoms with Crippen molar-refractivity contribution in [2.75, 3.05) is 64.7 Å². The van der Waals surface area contributed by atoms with E-state index in [0.29, 0.717) is 59.1 Å². The number of esters is 2. The Hall–Kier alpha value is -8.44. The van der Waals surface area contributed by atoms with E-state index < -0.39 is 83.3 Å². The summed E-state index contributed by atoms with van der Waals surface area (Å²) in [6.45, 7) is 5.07. The monoisotopic (exact) mass is 1050 g/mol. The van der Waals surface area contributed by atoms with Crippen molar-refractivity contribution in [3.63, 3.8) is 0 Å². The van der Waals surface area contributed by atoms with Gasteiger partial charge >= 0.3 is 24.0 Å². The standard InChI is InChI=1S/C58H59N7O12/c1-35(2)47(53(68)73-3)61-57(72)64-43-22-16-36(11-10-24-60-56(59)71)31-42(43)58(55(64)70)46(52(67)63-27-25-62(26-28-63)33-37-17-23-44-45(32-37)76-34-75-44)49-54(69)77-50(39-14-8-5-9-15-39)48(38-12-6-4-7-13-38)65(49)51(58)40-18-20-41(21-19-40)74-30-29-66/h4-9,12-23,31-32,35,46-51,66H,24-30,33-34H2,1-3H3,(H,61,72)(H3,59,60,71)/t46-,47-,48-,49-,50+,51+,58-/m0/s1. The van der Waals surface area contributed by atoms with Crippen LogP contribution < -0.4 is 35.5 Å². The Balaban J connectivity index is 1.19. The first-order valence-corrected chi connectivity index (χ1v) is 25.5. The van der Waals surface area contributed by atoms with Gasteiger partial charge in [-0.2, -0.15) is 0 Å². The van der Waals surface area contributed by atoms with E-state index in [1.54, 1.807) is 61.2 Å². The van der Waals surface area contributed by atoms with E-state index in [4.69, 9.17) is 29.4 Å². The Morgan fingerprint density at radius 1 is 0.831 bits per heavy atom. The van der Waals surface area contributed by atoms with Crippen molar-refractivity contribution < 1.29 is 57.6 Å². The Morgan fingerprint density at radius 2 is 1.53 bits per heavy atom. The number of carbonyl (C=O) groups is 6. The third kappa shape index (κ3) is 9.75. The van der Waals surface area contributed by atoms with Gasteiger partial charge in [0.2, 0.25) is 18.6 Å². The van der Waals surface area contributed by atoms with E-state index in [9.17, 15) is 14.7 Å². The van der Waals surface area contributed by atoms with Crippen LogP contribution in [0.5, 0.6) is 17.2 Å². The van der Waals surface area contributed by atoms with Crippen molar-refractivity contribution in [1.82, 2.24) is 25.3 Å². The van der Waals surface area contributed by atoms with Crippen molar-refractivity contribution in [2.45, 2.75) is 56.1 Å². The highest BCUT2D eigenvalue weighted by molar-refractivity contribution is 6.25. The number of aliphatic hydroxyl groups is 1. The zero-order valence-corrected chi connectivity index (χ0v) is 42.8. The average molecular weight is 1050 g/mol. The molecule has 5 aliphatic rings. The van der Waals surface area contributed by atoms with Crippen molar-refractivity contribution in [1.29, 1.82) is 0 Å². The topological polar surface area (TPSA) is 232 Å². The van der Waals surface area contributed by atoms with Crippen molar-refractivity contribution in [3.8, 4) is 29.1 Å². The molecule has 7 atom stereocenters. The summed E-state index contributed by atoms with van der Waals surface area (Å²) in [4.78, 5) is 96.0. The molecule has 5 aromatic rings. The molecule has 19 heteroatoms. The first-order chi connectivity index (χ1) is 37.3. The molecule has 0 aromatic heterocycles. The SMILES string of the molecule is COC(=O)[C@@H](NC(=O)N1C(=O)[C@@]2(c3cc(C#CCNC(N)=O)ccc31)[C@H](C(=O)N1CCN(Cc3ccc4c(c3)OCO4)CC1)[C@H]1C(=O)O[C@H](c3ccccc3)[C@H](c3ccccc3)N1[C@@H]2c1ccc(OCCO)cc1)C(C)C. The number of methoxy groups -OCH3 is 1. The van der Waals surface area contributed by atoms with Gasteiger partial charge in [-0.15, -0.1) is 0 Å². The van der Waals surface area contributed by atoms with Crippen molar-refractivity contribution in [3.05, 3.63) is 155 Å². The number of anilines is 1. The second-order valence-electron chi connectivity index (χ2n) is 19.8. The van der Waals surface area contributed by atoms with Crippen LogP contribution in [0.4, 0.5) is 15.3 Å². The summed E-state index contributed by atoms with van der Waals surface area (Å²) in [6.07, 6.45) is -0.972. The summed E-state index contributed by atoms with van der Waals surface area (Å²) in [6, 6.07) is 29.7. The number of nitrogens with zero attached hydrogens (tertiary/aromatic N) is 4. The number of imide groups is 1. The Bertz CT molecular complexity index is 3120. The molecule has 3 saturated heterocycles. The van der Waals surface area contributed by atoms with Gasteiger partial charge < -0.3 is 50.1 Å². The van der Waals surface area contributed by atoms with Crippen LogP contribution in [0, 0.1) is 23.7 Å². The number of hydrogen-bond acceptors (Lipinski definition) is 14. The van der Waals surface area contributed by atoms with Crippen LogP contribution in [0.3, 0.4) is 0 Å². The third-order valence-electron chi connectivity index (χ3n) is 15.0. The maximum atomic E-state index is 16.9. The fraction of sp³-hybridized carbons (Fsp3) is 0.345. The summed E-state index contributed by atoms with van der Waals surface area (Å²) in [5, 5.41) is 14.9. The number of ether oxygens (including phenoxy) is 5. The molecule has 398 valence electrons. The van der Waals surface area contributed by atoms with Crippen LogP contribution in [0.1, 0.15) is 65.4 Å². The predicted molar refractivity (Wildman–Crippen MR) is 279 cm³/mol. The molecule has 5 heterocycles. The minimum atomic E-state index is -2.13. The fourth-order valence-corrected chi connectivity index (χ4v) is 11.6. The van der Waals surface area contributed by atoms with Crippen LogP contribution in [0.15, 0.2) is 121 Å². The van der Waals surface area contributed by atoms with Crippen LogP contribution in [0.25, 0.3) is 0 Å². The predicted octanol–water partition coefficient (Wildman–Crippen LogP) is 4.72. The van der Waals surface area contributed by atoms with Gasteiger partial charge in [-0.3, -0.25) is 24.2 Å². The average Bonchev–Trinajstić information content (AvgIpc) is 3.05. The van der Waals surface area contributed by atoms with Gasteiger partial charge in [-0.1, -0.05) is 105 Å². The van der Waals surface area contributed by atoms with E-state index in [2.05, 4.69) is 27.4 Å². The number of cyclic esters (lactones) is 1. The Labute approximate surface area is 445 Å². The van der Waals surface area contributed by atoms with Crippen LogP contribution in [-0.4, -0.2) is 128 Å². The number of hydrogen-bond donors (Lipinski definition) is 4. The van der Waals surface area contributed by atoms with Gasteiger partial charge in [-0.05, 0) is 76.2 Å². The van der Waals surface area contributed by atoms with Gasteiger partial charge in [0.15, 0.2) is 11.5 Å². The number of aliphatic hydroxyl groups excluding tert-OH is 1. The molecule has 0 radical (unpaired) electrons. The minimum absolute atomic E-state index is 0.000227. The van der Waals surface area contributed by atoms with Gasteiger partial charge in [0, 0.05) is 38.3 Å².